The van der Waals surface area contributed by atoms with Crippen LogP contribution in [0.2, 0.25) is 0 Å². The number of rotatable bonds is 4. The van der Waals surface area contributed by atoms with Crippen molar-refractivity contribution in [3.63, 3.8) is 0 Å². The minimum atomic E-state index is -0.262. The standard InChI is InChI=1S/C9H15NS3/c1-4-5-12-8(11)13-7-9(2,3)6-10/h4-5,7H2,1-3H3. The third kappa shape index (κ3) is 7.36. The Labute approximate surface area is 94.7 Å². The van der Waals surface area contributed by atoms with Crippen LogP contribution in [0.3, 0.4) is 0 Å². The SMILES string of the molecule is CCCSC(=S)SCC(C)(C)C#N. The van der Waals surface area contributed by atoms with Crippen molar-refractivity contribution < 1.29 is 0 Å². The number of nitrogens with zero attached hydrogens (tertiary/aromatic N) is 1. The zero-order valence-corrected chi connectivity index (χ0v) is 10.7. The number of thioether (sulfide) groups is 2. The van der Waals surface area contributed by atoms with Crippen molar-refractivity contribution in [2.45, 2.75) is 27.2 Å². The van der Waals surface area contributed by atoms with Gasteiger partial charge in [0.25, 0.3) is 0 Å². The first-order valence-electron chi connectivity index (χ1n) is 4.22. The summed E-state index contributed by atoms with van der Waals surface area (Å²) in [5.41, 5.74) is -0.262. The summed E-state index contributed by atoms with van der Waals surface area (Å²) in [7, 11) is 0. The predicted octanol–water partition coefficient (Wildman–Crippen LogP) is 3.70. The lowest BCUT2D eigenvalue weighted by Crippen LogP contribution is -2.11. The molecular weight excluding hydrogens is 218 g/mol. The Morgan fingerprint density at radius 2 is 2.08 bits per heavy atom. The maximum Gasteiger partial charge on any atom is 0.104 e. The first kappa shape index (κ1) is 13.3. The fraction of sp³-hybridized carbons (Fsp3) is 0.778. The average Bonchev–Trinajstić information content (AvgIpc) is 2.11. The van der Waals surface area contributed by atoms with Crippen LogP contribution < -0.4 is 0 Å². The summed E-state index contributed by atoms with van der Waals surface area (Å²) in [6.45, 7) is 6.01. The third-order valence-corrected chi connectivity index (χ3v) is 4.64. The zero-order chi connectivity index (χ0) is 10.3. The van der Waals surface area contributed by atoms with Crippen molar-refractivity contribution in [1.29, 1.82) is 5.26 Å². The van der Waals surface area contributed by atoms with E-state index in [4.69, 9.17) is 17.5 Å². The number of hydrogen-bond donors (Lipinski definition) is 0. The van der Waals surface area contributed by atoms with Crippen LogP contribution in [0.4, 0.5) is 0 Å². The fourth-order valence-corrected chi connectivity index (χ4v) is 2.60. The molecule has 13 heavy (non-hydrogen) atoms. The highest BCUT2D eigenvalue weighted by atomic mass is 32.2. The van der Waals surface area contributed by atoms with Crippen LogP contribution in [0.15, 0.2) is 0 Å². The lowest BCUT2D eigenvalue weighted by molar-refractivity contribution is 0.575. The molecule has 74 valence electrons. The maximum absolute atomic E-state index is 8.77. The van der Waals surface area contributed by atoms with Crippen LogP contribution in [0.25, 0.3) is 0 Å². The van der Waals surface area contributed by atoms with E-state index in [0.717, 1.165) is 21.5 Å². The molecular formula is C9H15NS3. The van der Waals surface area contributed by atoms with Gasteiger partial charge in [-0.1, -0.05) is 19.1 Å². The second-order valence-electron chi connectivity index (χ2n) is 3.38. The number of nitriles is 1. The Bertz CT molecular complexity index is 205. The smallest absolute Gasteiger partial charge is 0.104 e. The molecule has 0 unspecified atom stereocenters. The molecule has 0 bridgehead atoms. The number of thiocarbonyl (C=S) groups is 1. The van der Waals surface area contributed by atoms with E-state index < -0.39 is 0 Å². The van der Waals surface area contributed by atoms with Crippen LogP contribution in [-0.4, -0.2) is 15.0 Å². The first-order valence-corrected chi connectivity index (χ1v) is 6.60. The lowest BCUT2D eigenvalue weighted by atomic mass is 10.00. The topological polar surface area (TPSA) is 23.8 Å². The Morgan fingerprint density at radius 3 is 2.54 bits per heavy atom. The van der Waals surface area contributed by atoms with Gasteiger partial charge >= 0.3 is 0 Å². The largest absolute Gasteiger partial charge is 0.198 e. The molecule has 0 fully saturated rings. The Morgan fingerprint density at radius 1 is 1.46 bits per heavy atom. The van der Waals surface area contributed by atoms with E-state index in [2.05, 4.69) is 13.0 Å². The molecule has 0 radical (unpaired) electrons. The van der Waals surface area contributed by atoms with Gasteiger partial charge in [0, 0.05) is 5.75 Å². The normalized spacial score (nSPS) is 10.9. The first-order chi connectivity index (χ1) is 6.02. The lowest BCUT2D eigenvalue weighted by Gasteiger charge is -2.13. The van der Waals surface area contributed by atoms with Gasteiger partial charge in [-0.25, -0.2) is 0 Å². The molecule has 0 spiro atoms. The van der Waals surface area contributed by atoms with E-state index in [9.17, 15) is 0 Å². The average molecular weight is 233 g/mol. The molecule has 0 aliphatic rings. The summed E-state index contributed by atoms with van der Waals surface area (Å²) in [6.07, 6.45) is 1.15. The molecule has 0 saturated heterocycles. The Kier molecular flexibility index (Phi) is 6.84. The molecule has 0 aromatic heterocycles. The van der Waals surface area contributed by atoms with Crippen molar-refractivity contribution in [3.8, 4) is 6.07 Å². The highest BCUT2D eigenvalue weighted by Gasteiger charge is 2.17. The van der Waals surface area contributed by atoms with Gasteiger partial charge in [0.05, 0.1) is 11.5 Å². The third-order valence-electron chi connectivity index (χ3n) is 1.28. The van der Waals surface area contributed by atoms with Crippen LogP contribution in [0, 0.1) is 16.7 Å². The van der Waals surface area contributed by atoms with Crippen LogP contribution in [0.1, 0.15) is 27.2 Å². The molecule has 0 aliphatic carbocycles. The van der Waals surface area contributed by atoms with E-state index in [-0.39, 0.29) is 5.41 Å². The van der Waals surface area contributed by atoms with Gasteiger partial charge in [-0.15, -0.1) is 23.5 Å². The van der Waals surface area contributed by atoms with Crippen LogP contribution >= 0.6 is 35.7 Å². The molecule has 0 aromatic carbocycles. The van der Waals surface area contributed by atoms with Crippen molar-refractivity contribution in [1.82, 2.24) is 0 Å². The summed E-state index contributed by atoms with van der Waals surface area (Å²) in [4.78, 5) is 0. The van der Waals surface area contributed by atoms with Gasteiger partial charge in [-0.2, -0.15) is 5.26 Å². The number of hydrogen-bond acceptors (Lipinski definition) is 4. The molecule has 4 heteroatoms. The monoisotopic (exact) mass is 233 g/mol. The fourth-order valence-electron chi connectivity index (χ4n) is 0.499. The molecule has 0 amide bonds. The van der Waals surface area contributed by atoms with E-state index in [1.54, 1.807) is 23.5 Å². The molecule has 0 saturated carbocycles. The van der Waals surface area contributed by atoms with E-state index in [0.29, 0.717) is 0 Å². The Hall–Kier alpha value is 0.280. The van der Waals surface area contributed by atoms with Gasteiger partial charge in [0.1, 0.15) is 3.53 Å². The van der Waals surface area contributed by atoms with E-state index >= 15 is 0 Å². The van der Waals surface area contributed by atoms with Gasteiger partial charge in [-0.3, -0.25) is 0 Å². The van der Waals surface area contributed by atoms with E-state index in [1.165, 1.54) is 0 Å². The van der Waals surface area contributed by atoms with Crippen molar-refractivity contribution in [3.05, 3.63) is 0 Å². The van der Waals surface area contributed by atoms with Crippen LogP contribution in [-0.2, 0) is 0 Å². The van der Waals surface area contributed by atoms with Gasteiger partial charge < -0.3 is 0 Å². The zero-order valence-electron chi connectivity index (χ0n) is 8.29. The molecule has 0 aliphatic heterocycles. The minimum Gasteiger partial charge on any atom is -0.198 e. The van der Waals surface area contributed by atoms with Gasteiger partial charge in [-0.05, 0) is 26.0 Å². The quantitative estimate of drug-likeness (QED) is 0.691. The summed E-state index contributed by atoms with van der Waals surface area (Å²) in [6, 6.07) is 2.26. The van der Waals surface area contributed by atoms with Gasteiger partial charge in [0.2, 0.25) is 0 Å². The second-order valence-corrected chi connectivity index (χ2v) is 6.66. The maximum atomic E-state index is 8.77. The highest BCUT2D eigenvalue weighted by Crippen LogP contribution is 2.26. The summed E-state index contributed by atoms with van der Waals surface area (Å²) >= 11 is 8.48. The van der Waals surface area contributed by atoms with Gasteiger partial charge in [0.15, 0.2) is 0 Å². The van der Waals surface area contributed by atoms with Crippen molar-refractivity contribution in [2.24, 2.45) is 5.41 Å². The molecule has 0 rings (SSSR count). The predicted molar refractivity (Wildman–Crippen MR) is 67.2 cm³/mol. The summed E-state index contributed by atoms with van der Waals surface area (Å²) < 4.78 is 0.963. The summed E-state index contributed by atoms with van der Waals surface area (Å²) in [5.74, 6) is 1.87. The second kappa shape index (κ2) is 6.69. The Balaban J connectivity index is 3.65. The molecule has 0 atom stereocenters. The van der Waals surface area contributed by atoms with E-state index in [1.807, 2.05) is 13.8 Å². The summed E-state index contributed by atoms with van der Waals surface area (Å²) in [5, 5.41) is 8.77. The van der Waals surface area contributed by atoms with Crippen molar-refractivity contribution in [2.75, 3.05) is 11.5 Å². The minimum absolute atomic E-state index is 0.262. The molecule has 0 aromatic rings. The van der Waals surface area contributed by atoms with Crippen LogP contribution in [0.5, 0.6) is 0 Å². The molecule has 0 N–H and O–H groups in total. The van der Waals surface area contributed by atoms with Crippen molar-refractivity contribution >= 4 is 39.3 Å². The molecule has 0 heterocycles. The molecule has 1 nitrogen and oxygen atoms in total. The highest BCUT2D eigenvalue weighted by molar-refractivity contribution is 8.47.